The molecule has 0 saturated carbocycles. The van der Waals surface area contributed by atoms with Gasteiger partial charge in [-0.1, -0.05) is 12.1 Å². The number of carbonyl (C=O) groups excluding carboxylic acids is 4. The minimum Gasteiger partial charge on any atom is -0.459 e. The fourth-order valence-corrected chi connectivity index (χ4v) is 5.30. The van der Waals surface area contributed by atoms with Crippen LogP contribution < -0.4 is 10.6 Å². The van der Waals surface area contributed by atoms with Gasteiger partial charge in [0, 0.05) is 24.8 Å². The molecule has 2 aliphatic heterocycles. The third kappa shape index (κ3) is 8.38. The van der Waals surface area contributed by atoms with Crippen molar-refractivity contribution in [1.29, 1.82) is 0 Å². The number of rotatable bonds is 16. The van der Waals surface area contributed by atoms with Crippen LogP contribution in [0, 0.1) is 0 Å². The molecule has 0 aromatic heterocycles. The van der Waals surface area contributed by atoms with Gasteiger partial charge in [-0.2, -0.15) is 0 Å². The molecule has 216 valence electrons. The minimum absolute atomic E-state index is 0.0851. The van der Waals surface area contributed by atoms with Crippen LogP contribution in [0.15, 0.2) is 30.3 Å². The number of aliphatic hydroxyl groups excluding tert-OH is 1. The molecule has 0 spiro atoms. The van der Waals surface area contributed by atoms with Gasteiger partial charge >= 0.3 is 112 Å². The maximum atomic E-state index is 13.3. The van der Waals surface area contributed by atoms with Gasteiger partial charge < -0.3 is 9.84 Å². The van der Waals surface area contributed by atoms with Crippen LogP contribution in [-0.2, 0) is 35.1 Å². The monoisotopic (exact) mass is 760 g/mol. The van der Waals surface area contributed by atoms with E-state index < -0.39 is 23.8 Å². The summed E-state index contributed by atoms with van der Waals surface area (Å²) in [6, 6.07) is 8.02. The van der Waals surface area contributed by atoms with Crippen molar-refractivity contribution in [3.8, 4) is 0 Å². The van der Waals surface area contributed by atoms with E-state index >= 15 is 0 Å². The first-order valence-electron chi connectivity index (χ1n) is 13.5. The van der Waals surface area contributed by atoms with E-state index in [1.807, 2.05) is 12.1 Å². The summed E-state index contributed by atoms with van der Waals surface area (Å²) < 4.78 is 23.4. The van der Waals surface area contributed by atoms with Crippen molar-refractivity contribution < 1.29 is 47.8 Å². The molecule has 0 radical (unpaired) electrons. The normalized spacial score (nSPS) is 16.8. The third-order valence-electron chi connectivity index (χ3n) is 6.61. The second-order valence-corrected chi connectivity index (χ2v) is 11.6. The van der Waals surface area contributed by atoms with Crippen LogP contribution in [0.3, 0.4) is 0 Å². The Labute approximate surface area is 253 Å². The summed E-state index contributed by atoms with van der Waals surface area (Å²) in [6.07, 6.45) is 0.919. The zero-order valence-electron chi connectivity index (χ0n) is 22.7. The van der Waals surface area contributed by atoms with E-state index in [0.29, 0.717) is 108 Å². The van der Waals surface area contributed by atoms with Crippen molar-refractivity contribution in [2.45, 2.75) is 31.9 Å². The van der Waals surface area contributed by atoms with Crippen LogP contribution in [0.1, 0.15) is 40.7 Å². The van der Waals surface area contributed by atoms with E-state index in [2.05, 4.69) is 10.6 Å². The summed E-state index contributed by atoms with van der Waals surface area (Å²) >= 11 is 0.296. The second-order valence-electron chi connectivity index (χ2n) is 9.55. The Morgan fingerprint density at radius 2 is 1.68 bits per heavy atom. The summed E-state index contributed by atoms with van der Waals surface area (Å²) in [6.45, 7) is 4.12. The fraction of sp³-hybridized carbons (Fsp3) is 0.464. The summed E-state index contributed by atoms with van der Waals surface area (Å²) in [7, 11) is 0. The summed E-state index contributed by atoms with van der Waals surface area (Å²) in [5, 5.41) is 17.5. The first-order chi connectivity index (χ1) is 19.9. The molecular formula is C28H33N3O9Tl+. The quantitative estimate of drug-likeness (QED) is 0.0984. The average Bonchev–Trinajstić information content (AvgIpc) is 2.94. The van der Waals surface area contributed by atoms with Gasteiger partial charge in [0.25, 0.3) is 5.91 Å². The van der Waals surface area contributed by atoms with Gasteiger partial charge in [-0.15, -0.1) is 4.58 Å². The Morgan fingerprint density at radius 3 is 2.41 bits per heavy atom. The number of hydrogen-bond donors (Lipinski definition) is 3. The molecule has 2 heterocycles. The molecule has 0 aliphatic carbocycles. The molecule has 1 unspecified atom stereocenters. The molecule has 4 amide bonds. The van der Waals surface area contributed by atoms with Crippen molar-refractivity contribution in [2.24, 2.45) is 0 Å². The molecule has 1 atom stereocenters. The molecule has 2 aromatic rings. The Bertz CT molecular complexity index is 1330. The van der Waals surface area contributed by atoms with Gasteiger partial charge in [0.05, 0.1) is 17.7 Å². The average molecular weight is 760 g/mol. The first kappa shape index (κ1) is 31.2. The second kappa shape index (κ2) is 15.4. The number of nitrogens with one attached hydrogen (secondary N) is 2. The van der Waals surface area contributed by atoms with Crippen LogP contribution in [0.4, 0.5) is 4.79 Å². The van der Waals surface area contributed by atoms with Gasteiger partial charge in [-0.05, 0) is 35.6 Å². The predicted octanol–water partition coefficient (Wildman–Crippen LogP) is 0.951. The summed E-state index contributed by atoms with van der Waals surface area (Å²) in [5.74, 6) is -1.77. The molecule has 41 heavy (non-hydrogen) atoms. The molecular weight excluding hydrogens is 727 g/mol. The van der Waals surface area contributed by atoms with E-state index in [1.165, 1.54) is 0 Å². The Morgan fingerprint density at radius 1 is 0.976 bits per heavy atom. The number of aliphatic hydroxyl groups is 1. The van der Waals surface area contributed by atoms with Crippen molar-refractivity contribution in [3.05, 3.63) is 47.0 Å². The van der Waals surface area contributed by atoms with E-state index in [0.717, 1.165) is 15.5 Å². The zero-order chi connectivity index (χ0) is 29.2. The van der Waals surface area contributed by atoms with E-state index in [-0.39, 0.29) is 22.2 Å². The van der Waals surface area contributed by atoms with Crippen LogP contribution in [0.2, 0.25) is 0 Å². The molecule has 2 aromatic carbocycles. The Balaban J connectivity index is 1.22. The van der Waals surface area contributed by atoms with Crippen molar-refractivity contribution >= 4 is 63.6 Å². The van der Waals surface area contributed by atoms with Gasteiger partial charge in [-0.3, -0.25) is 14.9 Å². The van der Waals surface area contributed by atoms with Crippen molar-refractivity contribution in [2.75, 3.05) is 52.8 Å². The predicted molar refractivity (Wildman–Crippen MR) is 147 cm³/mol. The number of amides is 4. The van der Waals surface area contributed by atoms with Crippen LogP contribution in [0.25, 0.3) is 10.8 Å². The number of benzene rings is 2. The molecule has 2 aliphatic rings. The molecule has 0 bridgehead atoms. The SMILES string of the molecule is O=[C]([Tl])NCCOCCOCCOCCCOCc1cc2c3c(cccc3c1)C(=O)[N+](C1CCC(=O)NC1=O)=C2O. The molecule has 3 N–H and O–H groups in total. The number of carbonyl (C=O) groups is 4. The number of imide groups is 1. The smallest absolute Gasteiger partial charge is 0.459 e. The number of ether oxygens (including phenoxy) is 4. The summed E-state index contributed by atoms with van der Waals surface area (Å²) in [4.78, 5) is 48.2. The zero-order valence-corrected chi connectivity index (χ0v) is 27.2. The van der Waals surface area contributed by atoms with Gasteiger partial charge in [-0.25, -0.2) is 4.79 Å². The third-order valence-corrected chi connectivity index (χ3v) is 7.41. The van der Waals surface area contributed by atoms with Crippen molar-refractivity contribution in [3.63, 3.8) is 0 Å². The number of nitrogens with zero attached hydrogens (tertiary/aromatic N) is 1. The van der Waals surface area contributed by atoms with Gasteiger partial charge in [0.2, 0.25) is 11.9 Å². The van der Waals surface area contributed by atoms with E-state index in [1.54, 1.807) is 18.2 Å². The number of hydrogen-bond acceptors (Lipinski definition) is 8. The van der Waals surface area contributed by atoms with Crippen molar-refractivity contribution in [1.82, 2.24) is 10.6 Å². The van der Waals surface area contributed by atoms with Crippen LogP contribution >= 0.6 is 0 Å². The fourth-order valence-electron chi connectivity index (χ4n) is 4.74. The molecule has 1 saturated heterocycles. The number of piperidine rings is 1. The summed E-state index contributed by atoms with van der Waals surface area (Å²) in [5.41, 5.74) is 1.65. The first-order valence-corrected chi connectivity index (χ1v) is 15.7. The topological polar surface area (TPSA) is 152 Å². The Kier molecular flexibility index (Phi) is 11.7. The van der Waals surface area contributed by atoms with E-state index in [4.69, 9.17) is 18.9 Å². The minimum atomic E-state index is -0.968. The van der Waals surface area contributed by atoms with E-state index in [9.17, 15) is 24.3 Å². The van der Waals surface area contributed by atoms with Crippen LogP contribution in [0.5, 0.6) is 0 Å². The molecule has 13 heteroatoms. The molecule has 12 nitrogen and oxygen atoms in total. The molecule has 1 fully saturated rings. The van der Waals surface area contributed by atoms with Gasteiger partial charge in [0.15, 0.2) is 0 Å². The standard InChI is InChI=1S/C28H32N3O9.Tl/c32-18-29-7-10-38-12-14-39-13-11-37-8-2-9-40-17-19-15-20-3-1-4-21-25(20)22(16-19)28(36)31(27(21)35)23-5-6-24(33)30-26(23)34;/h1,3-4,15-16,23H,2,5-14,17H2,(H2,29,30,32,33,34);/p+1. The molecule has 4 rings (SSSR count). The Hall–Kier alpha value is -2.79. The maximum absolute atomic E-state index is 13.3. The van der Waals surface area contributed by atoms with Crippen LogP contribution in [-0.4, -0.2) is 121 Å². The van der Waals surface area contributed by atoms with Gasteiger partial charge in [0.1, 0.15) is 0 Å².